The van der Waals surface area contributed by atoms with Gasteiger partial charge in [0.1, 0.15) is 12.4 Å². The van der Waals surface area contributed by atoms with Crippen molar-refractivity contribution in [3.8, 4) is 5.75 Å². The van der Waals surface area contributed by atoms with E-state index >= 15 is 0 Å². The third kappa shape index (κ3) is 5.17. The molecule has 0 amide bonds. The summed E-state index contributed by atoms with van der Waals surface area (Å²) in [6.07, 6.45) is 2.59. The molecular formula is C21H28N2O2S. The van der Waals surface area contributed by atoms with Gasteiger partial charge in [0, 0.05) is 50.9 Å². The van der Waals surface area contributed by atoms with Gasteiger partial charge >= 0.3 is 0 Å². The Hall–Kier alpha value is -1.66. The van der Waals surface area contributed by atoms with Gasteiger partial charge in [0.05, 0.1) is 0 Å². The van der Waals surface area contributed by atoms with Crippen molar-refractivity contribution in [3.05, 3.63) is 64.9 Å². The van der Waals surface area contributed by atoms with Crippen LogP contribution in [-0.4, -0.2) is 53.8 Å². The van der Waals surface area contributed by atoms with E-state index in [9.17, 15) is 5.11 Å². The molecule has 1 aliphatic heterocycles. The second-order valence-corrected chi connectivity index (χ2v) is 7.49. The van der Waals surface area contributed by atoms with Crippen LogP contribution in [0.3, 0.4) is 0 Å². The summed E-state index contributed by atoms with van der Waals surface area (Å²) in [6.45, 7) is 9.36. The minimum atomic E-state index is 0.234. The molecule has 1 aromatic carbocycles. The van der Waals surface area contributed by atoms with E-state index in [0.717, 1.165) is 44.9 Å². The maximum absolute atomic E-state index is 9.51. The summed E-state index contributed by atoms with van der Waals surface area (Å²) < 4.78 is 5.80. The summed E-state index contributed by atoms with van der Waals surface area (Å²) in [6, 6.07) is 10.8. The van der Waals surface area contributed by atoms with Gasteiger partial charge in [-0.3, -0.25) is 9.80 Å². The van der Waals surface area contributed by atoms with Crippen LogP contribution >= 0.6 is 11.3 Å². The van der Waals surface area contributed by atoms with Crippen LogP contribution in [-0.2, 0) is 13.1 Å². The molecule has 0 bridgehead atoms. The van der Waals surface area contributed by atoms with Crippen LogP contribution in [0.15, 0.2) is 53.7 Å². The number of hydrogen-bond acceptors (Lipinski definition) is 5. The smallest absolute Gasteiger partial charge is 0.124 e. The van der Waals surface area contributed by atoms with E-state index < -0.39 is 0 Å². The molecule has 0 saturated carbocycles. The van der Waals surface area contributed by atoms with E-state index in [1.165, 1.54) is 11.1 Å². The van der Waals surface area contributed by atoms with E-state index in [1.807, 2.05) is 12.1 Å². The number of benzene rings is 1. The predicted molar refractivity (Wildman–Crippen MR) is 108 cm³/mol. The van der Waals surface area contributed by atoms with Crippen LogP contribution in [0, 0.1) is 0 Å². The molecule has 1 aliphatic rings. The normalized spacial score (nSPS) is 18.7. The van der Waals surface area contributed by atoms with E-state index in [2.05, 4.69) is 45.3 Å². The van der Waals surface area contributed by atoms with Gasteiger partial charge in [0.25, 0.3) is 0 Å². The van der Waals surface area contributed by atoms with Gasteiger partial charge in [-0.2, -0.15) is 11.3 Å². The lowest BCUT2D eigenvalue weighted by atomic mass is 10.1. The van der Waals surface area contributed by atoms with Crippen molar-refractivity contribution in [3.63, 3.8) is 0 Å². The molecule has 1 aromatic heterocycles. The minimum Gasteiger partial charge on any atom is -0.489 e. The number of piperazine rings is 1. The molecule has 1 saturated heterocycles. The van der Waals surface area contributed by atoms with Gasteiger partial charge in [-0.1, -0.05) is 30.9 Å². The SMILES string of the molecule is C=CCOc1ccccc1CN1CCN(Cc2ccsc2)[C@@H](CCO)C1. The Morgan fingerprint density at radius 2 is 2.12 bits per heavy atom. The highest BCUT2D eigenvalue weighted by molar-refractivity contribution is 7.07. The molecule has 5 heteroatoms. The molecule has 2 heterocycles. The van der Waals surface area contributed by atoms with E-state index in [4.69, 9.17) is 4.74 Å². The Morgan fingerprint density at radius 1 is 1.23 bits per heavy atom. The number of para-hydroxylation sites is 1. The van der Waals surface area contributed by atoms with Crippen molar-refractivity contribution in [2.45, 2.75) is 25.6 Å². The predicted octanol–water partition coefficient (Wildman–Crippen LogP) is 3.38. The minimum absolute atomic E-state index is 0.234. The van der Waals surface area contributed by atoms with Gasteiger partial charge in [-0.15, -0.1) is 0 Å². The average Bonchev–Trinajstić information content (AvgIpc) is 3.16. The van der Waals surface area contributed by atoms with Crippen LogP contribution in [0.4, 0.5) is 0 Å². The summed E-state index contributed by atoms with van der Waals surface area (Å²) in [4.78, 5) is 4.98. The first-order chi connectivity index (χ1) is 12.8. The highest BCUT2D eigenvalue weighted by Gasteiger charge is 2.27. The number of hydrogen-bond donors (Lipinski definition) is 1. The standard InChI is InChI=1S/C21H28N2O2S/c1-2-12-25-21-6-4-3-5-19(21)15-22-9-10-23(20(16-22)7-11-24)14-18-8-13-26-17-18/h2-6,8,13,17,20,24H,1,7,9-12,14-16H2/t20-/m0/s1. The third-order valence-corrected chi connectivity index (χ3v) is 5.57. The summed E-state index contributed by atoms with van der Waals surface area (Å²) >= 11 is 1.75. The third-order valence-electron chi connectivity index (χ3n) is 4.84. The maximum Gasteiger partial charge on any atom is 0.124 e. The first-order valence-corrected chi connectivity index (χ1v) is 10.1. The topological polar surface area (TPSA) is 35.9 Å². The molecule has 0 aliphatic carbocycles. The highest BCUT2D eigenvalue weighted by Crippen LogP contribution is 2.23. The fourth-order valence-corrected chi connectivity index (χ4v) is 4.17. The van der Waals surface area contributed by atoms with Crippen molar-refractivity contribution < 1.29 is 9.84 Å². The first-order valence-electron chi connectivity index (χ1n) is 9.20. The second kappa shape index (κ2) is 9.88. The monoisotopic (exact) mass is 372 g/mol. The van der Waals surface area contributed by atoms with Crippen LogP contribution in [0.1, 0.15) is 17.5 Å². The Bertz CT molecular complexity index is 674. The highest BCUT2D eigenvalue weighted by atomic mass is 32.1. The van der Waals surface area contributed by atoms with Gasteiger partial charge < -0.3 is 9.84 Å². The van der Waals surface area contributed by atoms with Crippen molar-refractivity contribution in [1.29, 1.82) is 0 Å². The quantitative estimate of drug-likeness (QED) is 0.685. The lowest BCUT2D eigenvalue weighted by Crippen LogP contribution is -2.52. The van der Waals surface area contributed by atoms with Crippen molar-refractivity contribution in [2.75, 3.05) is 32.8 Å². The molecule has 1 atom stereocenters. The summed E-state index contributed by atoms with van der Waals surface area (Å²) in [5.74, 6) is 0.937. The van der Waals surface area contributed by atoms with Crippen molar-refractivity contribution in [2.24, 2.45) is 0 Å². The number of thiophene rings is 1. The average molecular weight is 373 g/mol. The maximum atomic E-state index is 9.51. The van der Waals surface area contributed by atoms with E-state index in [-0.39, 0.29) is 6.61 Å². The zero-order valence-corrected chi connectivity index (χ0v) is 16.0. The molecule has 4 nitrogen and oxygen atoms in total. The Kier molecular flexibility index (Phi) is 7.26. The molecule has 140 valence electrons. The first kappa shape index (κ1) is 19.1. The molecule has 3 rings (SSSR count). The molecule has 0 radical (unpaired) electrons. The number of aliphatic hydroxyl groups excluding tert-OH is 1. The van der Waals surface area contributed by atoms with Crippen LogP contribution in [0.25, 0.3) is 0 Å². The van der Waals surface area contributed by atoms with Crippen LogP contribution < -0.4 is 4.74 Å². The lowest BCUT2D eigenvalue weighted by Gasteiger charge is -2.41. The zero-order valence-electron chi connectivity index (χ0n) is 15.2. The molecule has 0 spiro atoms. The molecule has 0 unspecified atom stereocenters. The van der Waals surface area contributed by atoms with E-state index in [1.54, 1.807) is 17.4 Å². The summed E-state index contributed by atoms with van der Waals surface area (Å²) in [7, 11) is 0. The molecule has 1 N–H and O–H groups in total. The number of ether oxygens (including phenoxy) is 1. The number of aliphatic hydroxyl groups is 1. The van der Waals surface area contributed by atoms with Crippen LogP contribution in [0.2, 0.25) is 0 Å². The van der Waals surface area contributed by atoms with Gasteiger partial charge in [-0.25, -0.2) is 0 Å². The Morgan fingerprint density at radius 3 is 2.88 bits per heavy atom. The summed E-state index contributed by atoms with van der Waals surface area (Å²) in [5, 5.41) is 13.9. The van der Waals surface area contributed by atoms with Gasteiger partial charge in [-0.05, 0) is 34.9 Å². The van der Waals surface area contributed by atoms with Gasteiger partial charge in [0.15, 0.2) is 0 Å². The van der Waals surface area contributed by atoms with Crippen molar-refractivity contribution in [1.82, 2.24) is 9.80 Å². The Balaban J connectivity index is 1.63. The zero-order chi connectivity index (χ0) is 18.2. The summed E-state index contributed by atoms with van der Waals surface area (Å²) in [5.41, 5.74) is 2.58. The number of nitrogens with zero attached hydrogens (tertiary/aromatic N) is 2. The second-order valence-electron chi connectivity index (χ2n) is 6.71. The fourth-order valence-electron chi connectivity index (χ4n) is 3.51. The molecule has 2 aromatic rings. The fraction of sp³-hybridized carbons (Fsp3) is 0.429. The lowest BCUT2D eigenvalue weighted by molar-refractivity contribution is 0.0496. The largest absolute Gasteiger partial charge is 0.489 e. The Labute approximate surface area is 160 Å². The van der Waals surface area contributed by atoms with E-state index in [0.29, 0.717) is 12.6 Å². The number of rotatable bonds is 9. The molecule has 26 heavy (non-hydrogen) atoms. The van der Waals surface area contributed by atoms with Crippen molar-refractivity contribution >= 4 is 11.3 Å². The van der Waals surface area contributed by atoms with Gasteiger partial charge in [0.2, 0.25) is 0 Å². The molecule has 1 fully saturated rings. The molecular weight excluding hydrogens is 344 g/mol. The van der Waals surface area contributed by atoms with Crippen LogP contribution in [0.5, 0.6) is 5.75 Å².